The van der Waals surface area contributed by atoms with Crippen LogP contribution in [0.3, 0.4) is 0 Å². The molecule has 0 spiro atoms. The summed E-state index contributed by atoms with van der Waals surface area (Å²) in [6.07, 6.45) is 9.59. The highest BCUT2D eigenvalue weighted by molar-refractivity contribution is 7.18. The average Bonchev–Trinajstić information content (AvgIpc) is 3.02. The Kier molecular flexibility index (Phi) is 8.07. The molecule has 3 rings (SSSR count). The standard InChI is InChI=1S/C29H40N2O2S/c1-9-24(27(32)31-21-14-16-23-26(18-21)34-19(4)30-23)33-25-17-13-20(28(5,6)10-2)12-15-22(25)29(7,8)11-3/h13-18,24H,9-12H2,1-8H3,(H,31,32). The number of amides is 1. The van der Waals surface area contributed by atoms with Gasteiger partial charge in [0.15, 0.2) is 6.10 Å². The molecule has 1 heterocycles. The quantitative estimate of drug-likeness (QED) is 0.392. The van der Waals surface area contributed by atoms with E-state index in [1.54, 1.807) is 11.3 Å². The van der Waals surface area contributed by atoms with Gasteiger partial charge in [0.05, 0.1) is 15.2 Å². The molecule has 0 bridgehead atoms. The molecule has 0 fully saturated rings. The minimum atomic E-state index is -0.574. The van der Waals surface area contributed by atoms with E-state index in [0.29, 0.717) is 6.42 Å². The molecule has 1 aromatic carbocycles. The molecule has 1 atom stereocenters. The maximum atomic E-state index is 13.2. The molecule has 1 unspecified atom stereocenters. The van der Waals surface area contributed by atoms with E-state index < -0.39 is 6.10 Å². The molecule has 0 aliphatic heterocycles. The van der Waals surface area contributed by atoms with Crippen LogP contribution in [0.2, 0.25) is 0 Å². The van der Waals surface area contributed by atoms with Crippen LogP contribution in [0.25, 0.3) is 10.2 Å². The lowest BCUT2D eigenvalue weighted by molar-refractivity contribution is -0.125. The second-order valence-corrected chi connectivity index (χ2v) is 11.7. The number of nitrogens with one attached hydrogen (secondary N) is 1. The first-order chi connectivity index (χ1) is 16.0. The first-order valence-corrected chi connectivity index (χ1v) is 13.3. The van der Waals surface area contributed by atoms with E-state index >= 15 is 0 Å². The van der Waals surface area contributed by atoms with Crippen molar-refractivity contribution >= 4 is 33.1 Å². The van der Waals surface area contributed by atoms with Gasteiger partial charge >= 0.3 is 0 Å². The first kappa shape index (κ1) is 26.2. The number of hydrogen-bond donors (Lipinski definition) is 1. The summed E-state index contributed by atoms with van der Waals surface area (Å²) in [6, 6.07) is 5.85. The molecule has 1 aliphatic carbocycles. The smallest absolute Gasteiger partial charge is 0.265 e. The molecule has 5 heteroatoms. The summed E-state index contributed by atoms with van der Waals surface area (Å²) in [7, 11) is 0. The average molecular weight is 481 g/mol. The van der Waals surface area contributed by atoms with Crippen LogP contribution in [0.15, 0.2) is 53.3 Å². The maximum absolute atomic E-state index is 13.2. The monoisotopic (exact) mass is 480 g/mol. The van der Waals surface area contributed by atoms with Crippen LogP contribution in [0.4, 0.5) is 5.69 Å². The highest BCUT2D eigenvalue weighted by atomic mass is 32.1. The summed E-state index contributed by atoms with van der Waals surface area (Å²) in [5, 5.41) is 4.08. The van der Waals surface area contributed by atoms with Crippen molar-refractivity contribution in [3.8, 4) is 0 Å². The van der Waals surface area contributed by atoms with Crippen molar-refractivity contribution < 1.29 is 9.53 Å². The third kappa shape index (κ3) is 5.80. The molecule has 0 saturated heterocycles. The summed E-state index contributed by atoms with van der Waals surface area (Å²) in [6.45, 7) is 17.5. The molecular weight excluding hydrogens is 440 g/mol. The largest absolute Gasteiger partial charge is 0.480 e. The minimum Gasteiger partial charge on any atom is -0.480 e. The summed E-state index contributed by atoms with van der Waals surface area (Å²) < 4.78 is 7.54. The highest BCUT2D eigenvalue weighted by Gasteiger charge is 2.30. The summed E-state index contributed by atoms with van der Waals surface area (Å²) in [5.74, 6) is 0.685. The van der Waals surface area contributed by atoms with Crippen LogP contribution < -0.4 is 5.32 Å². The third-order valence-corrected chi connectivity index (χ3v) is 8.22. The lowest BCUT2D eigenvalue weighted by atomic mass is 9.78. The van der Waals surface area contributed by atoms with Gasteiger partial charge in [-0.05, 0) is 73.3 Å². The maximum Gasteiger partial charge on any atom is 0.265 e. The second kappa shape index (κ2) is 10.5. The lowest BCUT2D eigenvalue weighted by Crippen LogP contribution is -2.31. The Morgan fingerprint density at radius 2 is 1.82 bits per heavy atom. The van der Waals surface area contributed by atoms with Crippen molar-refractivity contribution in [2.24, 2.45) is 10.8 Å². The number of rotatable bonds is 9. The molecule has 1 amide bonds. The van der Waals surface area contributed by atoms with Gasteiger partial charge in [-0.15, -0.1) is 11.3 Å². The predicted molar refractivity (Wildman–Crippen MR) is 145 cm³/mol. The fraction of sp³-hybridized carbons (Fsp3) is 0.517. The van der Waals surface area contributed by atoms with Crippen LogP contribution in [-0.4, -0.2) is 17.0 Å². The predicted octanol–water partition coefficient (Wildman–Crippen LogP) is 8.35. The molecule has 1 N–H and O–H groups in total. The van der Waals surface area contributed by atoms with Crippen molar-refractivity contribution in [3.63, 3.8) is 0 Å². The van der Waals surface area contributed by atoms with E-state index in [4.69, 9.17) is 4.74 Å². The molecule has 34 heavy (non-hydrogen) atoms. The Balaban J connectivity index is 1.86. The molecule has 1 aliphatic rings. The number of thiazole rings is 1. The number of hydrogen-bond acceptors (Lipinski definition) is 4. The normalized spacial score (nSPS) is 15.8. The fourth-order valence-electron chi connectivity index (χ4n) is 4.09. The van der Waals surface area contributed by atoms with E-state index in [2.05, 4.69) is 70.1 Å². The van der Waals surface area contributed by atoms with E-state index in [9.17, 15) is 4.79 Å². The molecule has 0 saturated carbocycles. The number of anilines is 1. The third-order valence-electron chi connectivity index (χ3n) is 7.29. The number of benzene rings is 1. The van der Waals surface area contributed by atoms with Crippen LogP contribution in [0.1, 0.15) is 79.2 Å². The van der Waals surface area contributed by atoms with E-state index in [1.165, 1.54) is 11.1 Å². The van der Waals surface area contributed by atoms with Gasteiger partial charge in [-0.1, -0.05) is 66.2 Å². The number of carbonyl (C=O) groups excluding carboxylic acids is 1. The van der Waals surface area contributed by atoms with Gasteiger partial charge in [0, 0.05) is 5.69 Å². The SMILES string of the molecule is CCC(OC1=CC=C(C(C)(C)CC)CC=C1C(C)(C)CC)C(=O)Nc1ccc2nc(C)sc2c1. The number of nitrogens with zero attached hydrogens (tertiary/aromatic N) is 1. The van der Waals surface area contributed by atoms with Gasteiger partial charge in [-0.25, -0.2) is 4.98 Å². The van der Waals surface area contributed by atoms with E-state index in [1.807, 2.05) is 32.0 Å². The molecule has 2 aromatic rings. The van der Waals surface area contributed by atoms with Crippen LogP contribution in [0.5, 0.6) is 0 Å². The molecular formula is C29H40N2O2S. The second-order valence-electron chi connectivity index (χ2n) is 10.4. The van der Waals surface area contributed by atoms with Gasteiger partial charge in [-0.3, -0.25) is 4.79 Å². The van der Waals surface area contributed by atoms with Gasteiger partial charge in [0.1, 0.15) is 5.76 Å². The zero-order valence-electron chi connectivity index (χ0n) is 22.0. The van der Waals surface area contributed by atoms with Crippen LogP contribution in [-0.2, 0) is 9.53 Å². The number of ether oxygens (including phenoxy) is 1. The number of carbonyl (C=O) groups is 1. The number of aryl methyl sites for hydroxylation is 1. The summed E-state index contributed by atoms with van der Waals surface area (Å²) in [5.41, 5.74) is 4.38. The van der Waals surface area contributed by atoms with Crippen molar-refractivity contribution in [1.29, 1.82) is 0 Å². The Morgan fingerprint density at radius 3 is 2.47 bits per heavy atom. The number of fused-ring (bicyclic) bond motifs is 1. The molecule has 1 aromatic heterocycles. The highest BCUT2D eigenvalue weighted by Crippen LogP contribution is 2.41. The molecule has 4 nitrogen and oxygen atoms in total. The molecule has 184 valence electrons. The Morgan fingerprint density at radius 1 is 1.12 bits per heavy atom. The van der Waals surface area contributed by atoms with Crippen molar-refractivity contribution in [2.75, 3.05) is 5.32 Å². The lowest BCUT2D eigenvalue weighted by Gasteiger charge is -2.30. The summed E-state index contributed by atoms with van der Waals surface area (Å²) >= 11 is 1.63. The van der Waals surface area contributed by atoms with Gasteiger partial charge in [-0.2, -0.15) is 0 Å². The summed E-state index contributed by atoms with van der Waals surface area (Å²) in [4.78, 5) is 17.7. The number of aromatic nitrogens is 1. The minimum absolute atomic E-state index is 0.0463. The Labute approximate surface area is 209 Å². The topological polar surface area (TPSA) is 51.2 Å². The molecule has 0 radical (unpaired) electrons. The number of allylic oxidation sites excluding steroid dienone is 5. The van der Waals surface area contributed by atoms with Crippen molar-refractivity contribution in [1.82, 2.24) is 4.98 Å². The zero-order chi connectivity index (χ0) is 25.1. The van der Waals surface area contributed by atoms with Crippen molar-refractivity contribution in [3.05, 3.63) is 58.3 Å². The Hall–Kier alpha value is -2.40. The van der Waals surface area contributed by atoms with E-state index in [-0.39, 0.29) is 16.7 Å². The van der Waals surface area contributed by atoms with Gasteiger partial charge in [0.25, 0.3) is 5.91 Å². The zero-order valence-corrected chi connectivity index (χ0v) is 22.9. The van der Waals surface area contributed by atoms with E-state index in [0.717, 1.165) is 45.9 Å². The van der Waals surface area contributed by atoms with Gasteiger partial charge < -0.3 is 10.1 Å². The van der Waals surface area contributed by atoms with Crippen LogP contribution >= 0.6 is 11.3 Å². The Bertz CT molecular complexity index is 1130. The van der Waals surface area contributed by atoms with Crippen molar-refractivity contribution in [2.45, 2.75) is 87.2 Å². The van der Waals surface area contributed by atoms with Crippen LogP contribution in [0, 0.1) is 17.8 Å². The fourth-order valence-corrected chi connectivity index (χ4v) is 4.96. The van der Waals surface area contributed by atoms with Gasteiger partial charge in [0.2, 0.25) is 0 Å². The first-order valence-electron chi connectivity index (χ1n) is 12.5.